The maximum Gasteiger partial charge on any atom is 0.343 e. The summed E-state index contributed by atoms with van der Waals surface area (Å²) in [6, 6.07) is 17.3. The molecule has 192 valence electrons. The molecule has 37 heavy (non-hydrogen) atoms. The van der Waals surface area contributed by atoms with Gasteiger partial charge in [0.25, 0.3) is 0 Å². The largest absolute Gasteiger partial charge is 0.493 e. The maximum absolute atomic E-state index is 13.1. The van der Waals surface area contributed by atoms with Crippen LogP contribution in [0.2, 0.25) is 5.02 Å². The number of halogens is 1. The van der Waals surface area contributed by atoms with Crippen LogP contribution < -0.4 is 23.7 Å². The molecule has 7 nitrogen and oxygen atoms in total. The lowest BCUT2D eigenvalue weighted by molar-refractivity contribution is 0.0728. The molecule has 0 atom stereocenters. The number of allylic oxidation sites excluding steroid dienone is 1. The first-order chi connectivity index (χ1) is 17.9. The van der Waals surface area contributed by atoms with Crippen LogP contribution in [0.4, 0.5) is 0 Å². The third-order valence-electron chi connectivity index (χ3n) is 5.12. The highest BCUT2D eigenvalue weighted by Crippen LogP contribution is 2.40. The van der Waals surface area contributed by atoms with Crippen molar-refractivity contribution in [2.75, 3.05) is 26.9 Å². The minimum Gasteiger partial charge on any atom is -0.493 e. The van der Waals surface area contributed by atoms with E-state index in [1.165, 1.54) is 7.11 Å². The van der Waals surface area contributed by atoms with Gasteiger partial charge in [0.05, 0.1) is 44.1 Å². The number of esters is 1. The van der Waals surface area contributed by atoms with Gasteiger partial charge in [0.15, 0.2) is 23.0 Å². The van der Waals surface area contributed by atoms with Gasteiger partial charge in [0.2, 0.25) is 5.75 Å². The molecule has 0 bridgehead atoms. The van der Waals surface area contributed by atoms with Crippen molar-refractivity contribution in [3.63, 3.8) is 0 Å². The first-order valence-electron chi connectivity index (χ1n) is 11.8. The van der Waals surface area contributed by atoms with Crippen LogP contribution in [0.1, 0.15) is 42.3 Å². The molecule has 0 aliphatic rings. The van der Waals surface area contributed by atoms with Gasteiger partial charge in [-0.2, -0.15) is 5.26 Å². The van der Waals surface area contributed by atoms with Crippen LogP contribution in [-0.2, 0) is 0 Å². The lowest BCUT2D eigenvalue weighted by Gasteiger charge is -2.17. The molecule has 0 N–H and O–H groups in total. The molecule has 0 unspecified atom stereocenters. The molecule has 0 radical (unpaired) electrons. The van der Waals surface area contributed by atoms with Crippen LogP contribution in [0.15, 0.2) is 54.6 Å². The normalized spacial score (nSPS) is 10.9. The minimum absolute atomic E-state index is 0.222. The van der Waals surface area contributed by atoms with Crippen molar-refractivity contribution in [2.24, 2.45) is 0 Å². The highest BCUT2D eigenvalue weighted by molar-refractivity contribution is 6.30. The van der Waals surface area contributed by atoms with E-state index < -0.39 is 5.97 Å². The van der Waals surface area contributed by atoms with Crippen molar-refractivity contribution in [1.82, 2.24) is 0 Å². The lowest BCUT2D eigenvalue weighted by atomic mass is 10.0. The summed E-state index contributed by atoms with van der Waals surface area (Å²) in [4.78, 5) is 13.1. The molecule has 0 saturated carbocycles. The third kappa shape index (κ3) is 6.96. The molecule has 3 aromatic carbocycles. The number of rotatable bonds is 11. The fraction of sp³-hybridized carbons (Fsp3) is 0.241. The fourth-order valence-electron chi connectivity index (χ4n) is 3.50. The average molecular weight is 522 g/mol. The SMILES string of the molecule is CCOc1cc(C(=O)Oc2ccc(/C=C(\C#N)c3ccc(Cl)cc3)cc2OC)cc(OCC)c1OCC. The van der Waals surface area contributed by atoms with Gasteiger partial charge in [-0.15, -0.1) is 0 Å². The van der Waals surface area contributed by atoms with Crippen LogP contribution in [0.25, 0.3) is 11.6 Å². The van der Waals surface area contributed by atoms with E-state index in [2.05, 4.69) is 6.07 Å². The Morgan fingerprint density at radius 2 is 1.46 bits per heavy atom. The van der Waals surface area contributed by atoms with Crippen molar-refractivity contribution in [3.05, 3.63) is 76.3 Å². The first kappa shape index (κ1) is 27.4. The van der Waals surface area contributed by atoms with Gasteiger partial charge in [-0.3, -0.25) is 0 Å². The Morgan fingerprint density at radius 3 is 2.00 bits per heavy atom. The molecule has 0 aliphatic heterocycles. The number of nitriles is 1. The van der Waals surface area contributed by atoms with Crippen LogP contribution in [0, 0.1) is 11.3 Å². The summed E-state index contributed by atoms with van der Waals surface area (Å²) in [5.74, 6) is 1.15. The van der Waals surface area contributed by atoms with E-state index in [0.29, 0.717) is 59.0 Å². The number of carbonyl (C=O) groups excluding carboxylic acids is 1. The van der Waals surface area contributed by atoms with Gasteiger partial charge >= 0.3 is 5.97 Å². The molecule has 0 fully saturated rings. The summed E-state index contributed by atoms with van der Waals surface area (Å²) in [6.07, 6.45) is 1.71. The molecule has 0 aliphatic carbocycles. The molecule has 0 spiro atoms. The lowest BCUT2D eigenvalue weighted by Crippen LogP contribution is -2.11. The van der Waals surface area contributed by atoms with E-state index in [4.69, 9.17) is 35.3 Å². The van der Waals surface area contributed by atoms with Gasteiger partial charge in [0, 0.05) is 5.02 Å². The van der Waals surface area contributed by atoms with Crippen molar-refractivity contribution in [2.45, 2.75) is 20.8 Å². The Bertz CT molecular complexity index is 1280. The summed E-state index contributed by atoms with van der Waals surface area (Å²) in [5, 5.41) is 10.2. The van der Waals surface area contributed by atoms with Gasteiger partial charge in [-0.25, -0.2) is 4.79 Å². The summed E-state index contributed by atoms with van der Waals surface area (Å²) in [5.41, 5.74) is 2.11. The van der Waals surface area contributed by atoms with E-state index in [9.17, 15) is 10.1 Å². The Labute approximate surface area is 221 Å². The van der Waals surface area contributed by atoms with E-state index in [0.717, 1.165) is 5.56 Å². The Kier molecular flexibility index (Phi) is 9.82. The van der Waals surface area contributed by atoms with Gasteiger partial charge in [-0.05, 0) is 74.4 Å². The smallest absolute Gasteiger partial charge is 0.343 e. The zero-order chi connectivity index (χ0) is 26.8. The quantitative estimate of drug-likeness (QED) is 0.118. The maximum atomic E-state index is 13.1. The number of nitrogens with zero attached hydrogens (tertiary/aromatic N) is 1. The van der Waals surface area contributed by atoms with Crippen molar-refractivity contribution >= 4 is 29.2 Å². The molecular weight excluding hydrogens is 494 g/mol. The highest BCUT2D eigenvalue weighted by Gasteiger charge is 2.21. The van der Waals surface area contributed by atoms with Crippen molar-refractivity contribution in [1.29, 1.82) is 5.26 Å². The predicted octanol–water partition coefficient (Wildman–Crippen LogP) is 6.83. The van der Waals surface area contributed by atoms with E-state index in [1.807, 2.05) is 20.8 Å². The van der Waals surface area contributed by atoms with E-state index >= 15 is 0 Å². The van der Waals surface area contributed by atoms with Crippen LogP contribution in [0.5, 0.6) is 28.7 Å². The molecule has 0 saturated heterocycles. The first-order valence-corrected chi connectivity index (χ1v) is 12.2. The molecule has 3 aromatic rings. The Hall–Kier alpha value is -4.15. The molecular formula is C29H28ClNO6. The fourth-order valence-corrected chi connectivity index (χ4v) is 3.63. The minimum atomic E-state index is -0.620. The molecule has 0 aromatic heterocycles. The number of benzene rings is 3. The standard InChI is InChI=1S/C29H28ClNO6/c1-5-34-26-16-21(17-27(35-6-2)28(26)36-7-3)29(32)37-24-13-8-19(15-25(24)33-4)14-22(18-31)20-9-11-23(30)12-10-20/h8-17H,5-7H2,1-4H3/b22-14+. The molecule has 3 rings (SSSR count). The summed E-state index contributed by atoms with van der Waals surface area (Å²) >= 11 is 5.95. The zero-order valence-corrected chi connectivity index (χ0v) is 21.9. The number of hydrogen-bond acceptors (Lipinski definition) is 7. The molecule has 0 amide bonds. The Morgan fingerprint density at radius 1 is 0.838 bits per heavy atom. The van der Waals surface area contributed by atoms with Crippen LogP contribution >= 0.6 is 11.6 Å². The van der Waals surface area contributed by atoms with Gasteiger partial charge in [0.1, 0.15) is 0 Å². The second-order valence-corrected chi connectivity index (χ2v) is 8.01. The zero-order valence-electron chi connectivity index (χ0n) is 21.2. The predicted molar refractivity (Wildman–Crippen MR) is 143 cm³/mol. The van der Waals surface area contributed by atoms with Gasteiger partial charge in [-0.1, -0.05) is 29.8 Å². The van der Waals surface area contributed by atoms with E-state index in [1.54, 1.807) is 60.7 Å². The Balaban J connectivity index is 1.91. The number of carbonyl (C=O) groups is 1. The number of ether oxygens (including phenoxy) is 5. The van der Waals surface area contributed by atoms with Gasteiger partial charge < -0.3 is 23.7 Å². The second-order valence-electron chi connectivity index (χ2n) is 7.58. The van der Waals surface area contributed by atoms with Crippen molar-refractivity contribution < 1.29 is 28.5 Å². The number of hydrogen-bond donors (Lipinski definition) is 0. The molecule has 8 heteroatoms. The van der Waals surface area contributed by atoms with Crippen LogP contribution in [-0.4, -0.2) is 32.9 Å². The third-order valence-corrected chi connectivity index (χ3v) is 5.37. The number of methoxy groups -OCH3 is 1. The van der Waals surface area contributed by atoms with Crippen LogP contribution in [0.3, 0.4) is 0 Å². The second kappa shape index (κ2) is 13.2. The molecule has 0 heterocycles. The topological polar surface area (TPSA) is 87.0 Å². The summed E-state index contributed by atoms with van der Waals surface area (Å²) in [6.45, 7) is 6.71. The van der Waals surface area contributed by atoms with Crippen molar-refractivity contribution in [3.8, 4) is 34.8 Å². The highest BCUT2D eigenvalue weighted by atomic mass is 35.5. The monoisotopic (exact) mass is 521 g/mol. The average Bonchev–Trinajstić information content (AvgIpc) is 2.90. The van der Waals surface area contributed by atoms with E-state index in [-0.39, 0.29) is 11.3 Å². The summed E-state index contributed by atoms with van der Waals surface area (Å²) < 4.78 is 28.2. The summed E-state index contributed by atoms with van der Waals surface area (Å²) in [7, 11) is 1.47.